The molecule has 0 atom stereocenters. The van der Waals surface area contributed by atoms with Gasteiger partial charge in [-0.05, 0) is 43.7 Å². The number of pyridine rings is 1. The SMILES string of the molecule is Cc1cccc(C(=O)Nc2cc(Br)ccc2C)n1. The molecule has 3 nitrogen and oxygen atoms in total. The van der Waals surface area contributed by atoms with Crippen molar-refractivity contribution in [2.45, 2.75) is 13.8 Å². The Bertz CT molecular complexity index is 596. The van der Waals surface area contributed by atoms with E-state index in [4.69, 9.17) is 0 Å². The zero-order valence-electron chi connectivity index (χ0n) is 10.2. The molecule has 0 aliphatic rings. The van der Waals surface area contributed by atoms with E-state index in [9.17, 15) is 4.79 Å². The van der Waals surface area contributed by atoms with Crippen LogP contribution in [0.5, 0.6) is 0 Å². The molecule has 0 aliphatic carbocycles. The lowest BCUT2D eigenvalue weighted by Crippen LogP contribution is -2.14. The highest BCUT2D eigenvalue weighted by molar-refractivity contribution is 9.10. The van der Waals surface area contributed by atoms with Crippen LogP contribution in [0.1, 0.15) is 21.7 Å². The quantitative estimate of drug-likeness (QED) is 0.919. The first-order chi connectivity index (χ1) is 8.56. The molecule has 0 saturated carbocycles. The Labute approximate surface area is 114 Å². The normalized spacial score (nSPS) is 10.2. The monoisotopic (exact) mass is 304 g/mol. The van der Waals surface area contributed by atoms with E-state index in [1.165, 1.54) is 0 Å². The fourth-order valence-corrected chi connectivity index (χ4v) is 1.95. The highest BCUT2D eigenvalue weighted by Gasteiger charge is 2.09. The fourth-order valence-electron chi connectivity index (χ4n) is 1.58. The summed E-state index contributed by atoms with van der Waals surface area (Å²) in [6.07, 6.45) is 0. The van der Waals surface area contributed by atoms with Gasteiger partial charge in [0, 0.05) is 15.9 Å². The van der Waals surface area contributed by atoms with Gasteiger partial charge in [0.25, 0.3) is 5.91 Å². The van der Waals surface area contributed by atoms with E-state index in [1.54, 1.807) is 6.07 Å². The van der Waals surface area contributed by atoms with Crippen LogP contribution in [0.25, 0.3) is 0 Å². The van der Waals surface area contributed by atoms with Crippen LogP contribution in [0.3, 0.4) is 0 Å². The summed E-state index contributed by atoms with van der Waals surface area (Å²) in [6, 6.07) is 11.2. The number of benzene rings is 1. The number of hydrogen-bond acceptors (Lipinski definition) is 2. The number of nitrogens with one attached hydrogen (secondary N) is 1. The molecule has 1 aromatic carbocycles. The van der Waals surface area contributed by atoms with Crippen molar-refractivity contribution in [2.75, 3.05) is 5.32 Å². The van der Waals surface area contributed by atoms with E-state index < -0.39 is 0 Å². The first-order valence-corrected chi connectivity index (χ1v) is 6.37. The molecule has 0 fully saturated rings. The Kier molecular flexibility index (Phi) is 3.77. The number of rotatable bonds is 2. The number of carbonyl (C=O) groups is 1. The number of nitrogens with zero attached hydrogens (tertiary/aromatic N) is 1. The number of carbonyl (C=O) groups excluding carboxylic acids is 1. The molecule has 4 heteroatoms. The minimum Gasteiger partial charge on any atom is -0.320 e. The molecule has 1 amide bonds. The summed E-state index contributed by atoms with van der Waals surface area (Å²) in [6.45, 7) is 3.81. The Hall–Kier alpha value is -1.68. The predicted octanol–water partition coefficient (Wildman–Crippen LogP) is 3.71. The summed E-state index contributed by atoms with van der Waals surface area (Å²) < 4.78 is 0.931. The summed E-state index contributed by atoms with van der Waals surface area (Å²) in [4.78, 5) is 16.2. The van der Waals surface area contributed by atoms with Crippen molar-refractivity contribution in [3.63, 3.8) is 0 Å². The number of anilines is 1. The lowest BCUT2D eigenvalue weighted by Gasteiger charge is -2.08. The third-order valence-electron chi connectivity index (χ3n) is 2.57. The second-order valence-corrected chi connectivity index (χ2v) is 4.99. The van der Waals surface area contributed by atoms with Gasteiger partial charge in [0.1, 0.15) is 5.69 Å². The summed E-state index contributed by atoms with van der Waals surface area (Å²) >= 11 is 3.39. The zero-order valence-corrected chi connectivity index (χ0v) is 11.8. The van der Waals surface area contributed by atoms with Gasteiger partial charge in [-0.15, -0.1) is 0 Å². The molecule has 0 spiro atoms. The molecule has 0 aliphatic heterocycles. The van der Waals surface area contributed by atoms with Crippen LogP contribution < -0.4 is 5.32 Å². The van der Waals surface area contributed by atoms with Crippen molar-refractivity contribution in [3.05, 3.63) is 57.8 Å². The van der Waals surface area contributed by atoms with Gasteiger partial charge in [0.2, 0.25) is 0 Å². The number of aromatic nitrogens is 1. The zero-order chi connectivity index (χ0) is 13.1. The molecule has 0 unspecified atom stereocenters. The summed E-state index contributed by atoms with van der Waals surface area (Å²) in [5, 5.41) is 2.86. The molecule has 2 aromatic rings. The molecule has 0 bridgehead atoms. The average molecular weight is 305 g/mol. The van der Waals surface area contributed by atoms with Crippen LogP contribution in [0.2, 0.25) is 0 Å². The average Bonchev–Trinajstić information content (AvgIpc) is 2.34. The molecular formula is C14H13BrN2O. The summed E-state index contributed by atoms with van der Waals surface area (Å²) in [5.41, 5.74) is 3.06. The molecule has 1 aromatic heterocycles. The van der Waals surface area contributed by atoms with Crippen molar-refractivity contribution >= 4 is 27.5 Å². The molecule has 92 valence electrons. The van der Waals surface area contributed by atoms with E-state index >= 15 is 0 Å². The second-order valence-electron chi connectivity index (χ2n) is 4.08. The molecular weight excluding hydrogens is 292 g/mol. The molecule has 1 N–H and O–H groups in total. The maximum absolute atomic E-state index is 12.0. The molecule has 0 radical (unpaired) electrons. The van der Waals surface area contributed by atoms with E-state index in [-0.39, 0.29) is 5.91 Å². The lowest BCUT2D eigenvalue weighted by molar-refractivity contribution is 0.102. The Morgan fingerprint density at radius 1 is 1.22 bits per heavy atom. The smallest absolute Gasteiger partial charge is 0.274 e. The van der Waals surface area contributed by atoms with Gasteiger partial charge in [-0.3, -0.25) is 4.79 Å². The largest absolute Gasteiger partial charge is 0.320 e. The van der Waals surface area contributed by atoms with Crippen LogP contribution in [0.15, 0.2) is 40.9 Å². The maximum atomic E-state index is 12.0. The molecule has 18 heavy (non-hydrogen) atoms. The third-order valence-corrected chi connectivity index (χ3v) is 3.06. The number of hydrogen-bond donors (Lipinski definition) is 1. The van der Waals surface area contributed by atoms with Gasteiger partial charge in [-0.1, -0.05) is 28.1 Å². The van der Waals surface area contributed by atoms with Crippen molar-refractivity contribution in [1.82, 2.24) is 4.98 Å². The number of amides is 1. The van der Waals surface area contributed by atoms with Crippen molar-refractivity contribution in [2.24, 2.45) is 0 Å². The first-order valence-electron chi connectivity index (χ1n) is 5.57. The van der Waals surface area contributed by atoms with Gasteiger partial charge < -0.3 is 5.32 Å². The van der Waals surface area contributed by atoms with Crippen molar-refractivity contribution in [1.29, 1.82) is 0 Å². The van der Waals surface area contributed by atoms with Crippen LogP contribution >= 0.6 is 15.9 Å². The number of aryl methyl sites for hydroxylation is 2. The third kappa shape index (κ3) is 2.96. The first kappa shape index (κ1) is 12.8. The van der Waals surface area contributed by atoms with Crippen LogP contribution in [0, 0.1) is 13.8 Å². The highest BCUT2D eigenvalue weighted by atomic mass is 79.9. The molecule has 2 rings (SSSR count). The topological polar surface area (TPSA) is 42.0 Å². The van der Waals surface area contributed by atoms with Crippen LogP contribution in [-0.2, 0) is 0 Å². The van der Waals surface area contributed by atoms with Crippen LogP contribution in [-0.4, -0.2) is 10.9 Å². The highest BCUT2D eigenvalue weighted by Crippen LogP contribution is 2.21. The predicted molar refractivity (Wildman–Crippen MR) is 75.8 cm³/mol. The standard InChI is InChI=1S/C14H13BrN2O/c1-9-6-7-11(15)8-13(9)17-14(18)12-5-3-4-10(2)16-12/h3-8H,1-2H3,(H,17,18). The van der Waals surface area contributed by atoms with Gasteiger partial charge in [-0.25, -0.2) is 4.98 Å². The Balaban J connectivity index is 2.24. The van der Waals surface area contributed by atoms with Crippen molar-refractivity contribution < 1.29 is 4.79 Å². The summed E-state index contributed by atoms with van der Waals surface area (Å²) in [5.74, 6) is -0.195. The van der Waals surface area contributed by atoms with E-state index in [2.05, 4.69) is 26.2 Å². The number of halogens is 1. The molecule has 1 heterocycles. The van der Waals surface area contributed by atoms with Crippen LogP contribution in [0.4, 0.5) is 5.69 Å². The summed E-state index contributed by atoms with van der Waals surface area (Å²) in [7, 11) is 0. The minimum absolute atomic E-state index is 0.195. The van der Waals surface area contributed by atoms with E-state index in [0.29, 0.717) is 5.69 Å². The van der Waals surface area contributed by atoms with Gasteiger partial charge in [0.15, 0.2) is 0 Å². The molecule has 0 saturated heterocycles. The van der Waals surface area contributed by atoms with E-state index in [1.807, 2.05) is 44.2 Å². The lowest BCUT2D eigenvalue weighted by atomic mass is 10.2. The Morgan fingerprint density at radius 2 is 2.00 bits per heavy atom. The van der Waals surface area contributed by atoms with E-state index in [0.717, 1.165) is 21.4 Å². The van der Waals surface area contributed by atoms with Gasteiger partial charge in [-0.2, -0.15) is 0 Å². The minimum atomic E-state index is -0.195. The maximum Gasteiger partial charge on any atom is 0.274 e. The Morgan fingerprint density at radius 3 is 2.72 bits per heavy atom. The van der Waals surface area contributed by atoms with Crippen molar-refractivity contribution in [3.8, 4) is 0 Å². The fraction of sp³-hybridized carbons (Fsp3) is 0.143. The van der Waals surface area contributed by atoms with Gasteiger partial charge in [0.05, 0.1) is 0 Å². The second kappa shape index (κ2) is 5.31. The van der Waals surface area contributed by atoms with Gasteiger partial charge >= 0.3 is 0 Å².